The molecule has 1 N–H and O–H groups in total. The number of hydrogen-bond donors (Lipinski definition) is 1. The summed E-state index contributed by atoms with van der Waals surface area (Å²) in [5.41, 5.74) is 0.285. The number of carbonyl (C=O) groups excluding carboxylic acids is 2. The first-order chi connectivity index (χ1) is 13.3. The third-order valence-corrected chi connectivity index (χ3v) is 7.32. The molecule has 1 aromatic rings. The highest BCUT2D eigenvalue weighted by Crippen LogP contribution is 2.66. The van der Waals surface area contributed by atoms with Gasteiger partial charge in [0.15, 0.2) is 5.78 Å². The zero-order valence-electron chi connectivity index (χ0n) is 15.9. The van der Waals surface area contributed by atoms with Gasteiger partial charge in [-0.05, 0) is 80.4 Å². The van der Waals surface area contributed by atoms with Crippen LogP contribution in [0.25, 0.3) is 0 Å². The predicted octanol–water partition coefficient (Wildman–Crippen LogP) is 4.01. The Hall–Kier alpha value is -1.88. The van der Waals surface area contributed by atoms with Gasteiger partial charge < -0.3 is 9.84 Å². The second-order valence-corrected chi connectivity index (χ2v) is 9.35. The molecular formula is C22H25ClO5. The molecule has 6 heteroatoms. The van der Waals surface area contributed by atoms with E-state index in [0.29, 0.717) is 36.1 Å². The van der Waals surface area contributed by atoms with Crippen LogP contribution in [0.3, 0.4) is 0 Å². The maximum Gasteiger partial charge on any atom is 0.328 e. The van der Waals surface area contributed by atoms with Crippen LogP contribution in [0.2, 0.25) is 5.02 Å². The summed E-state index contributed by atoms with van der Waals surface area (Å²) < 4.78 is 4.92. The molecule has 3 atom stereocenters. The molecule has 5 nitrogen and oxygen atoms in total. The first-order valence-corrected chi connectivity index (χ1v) is 10.4. The molecule has 0 amide bonds. The molecule has 0 heterocycles. The third-order valence-electron chi connectivity index (χ3n) is 7.07. The summed E-state index contributed by atoms with van der Waals surface area (Å²) in [6.07, 6.45) is 5.08. The average Bonchev–Trinajstić information content (AvgIpc) is 2.61. The van der Waals surface area contributed by atoms with Crippen LogP contribution in [0.1, 0.15) is 51.0 Å². The third kappa shape index (κ3) is 3.04. The number of esters is 1. The van der Waals surface area contributed by atoms with Gasteiger partial charge in [-0.25, -0.2) is 0 Å². The van der Waals surface area contributed by atoms with Crippen molar-refractivity contribution in [3.8, 4) is 0 Å². The van der Waals surface area contributed by atoms with Gasteiger partial charge in [-0.1, -0.05) is 23.7 Å². The van der Waals surface area contributed by atoms with E-state index in [-0.39, 0.29) is 12.0 Å². The fourth-order valence-electron chi connectivity index (χ4n) is 6.54. The fraction of sp³-hybridized carbons (Fsp3) is 0.591. The van der Waals surface area contributed by atoms with Gasteiger partial charge in [0.2, 0.25) is 5.92 Å². The number of ether oxygens (including phenoxy) is 1. The lowest BCUT2D eigenvalue weighted by Gasteiger charge is -2.62. The van der Waals surface area contributed by atoms with E-state index in [1.807, 2.05) is 24.3 Å². The number of halogens is 1. The molecule has 0 saturated heterocycles. The van der Waals surface area contributed by atoms with E-state index in [2.05, 4.69) is 0 Å². The van der Waals surface area contributed by atoms with Crippen molar-refractivity contribution in [2.75, 3.05) is 6.61 Å². The van der Waals surface area contributed by atoms with Gasteiger partial charge in [-0.15, -0.1) is 0 Å². The first-order valence-electron chi connectivity index (χ1n) is 9.98. The second-order valence-electron chi connectivity index (χ2n) is 8.92. The van der Waals surface area contributed by atoms with Gasteiger partial charge in [0, 0.05) is 10.4 Å². The lowest BCUT2D eigenvalue weighted by atomic mass is 9.41. The monoisotopic (exact) mass is 404 g/mol. The summed E-state index contributed by atoms with van der Waals surface area (Å²) >= 11 is 6.07. The Labute approximate surface area is 169 Å². The topological polar surface area (TPSA) is 80.7 Å². The van der Waals surface area contributed by atoms with Crippen LogP contribution < -0.4 is 0 Å². The number of carboxylic acids is 1. The van der Waals surface area contributed by atoms with Crippen molar-refractivity contribution in [1.29, 1.82) is 0 Å². The van der Waals surface area contributed by atoms with Crippen LogP contribution in [-0.2, 0) is 24.5 Å². The molecule has 5 rings (SSSR count). The second kappa shape index (κ2) is 6.87. The number of aliphatic carboxylic acids is 1. The molecule has 150 valence electrons. The highest BCUT2D eigenvalue weighted by atomic mass is 35.5. The molecule has 4 bridgehead atoms. The van der Waals surface area contributed by atoms with Crippen molar-refractivity contribution in [3.63, 3.8) is 0 Å². The normalized spacial score (nSPS) is 34.1. The van der Waals surface area contributed by atoms with Crippen LogP contribution in [-0.4, -0.2) is 29.4 Å². The Balaban J connectivity index is 1.71. The Morgan fingerprint density at radius 2 is 1.75 bits per heavy atom. The molecule has 4 fully saturated rings. The SMILES string of the molecule is CCOC(=O)C(C(=O)O)C(=O)C12CC3CC(C1)CC(c1ccc(Cl)cc1)(C3)C2. The number of rotatable bonds is 6. The molecule has 0 aromatic heterocycles. The van der Waals surface area contributed by atoms with Crippen LogP contribution in [0, 0.1) is 23.2 Å². The average molecular weight is 405 g/mol. The van der Waals surface area contributed by atoms with Crippen molar-refractivity contribution in [1.82, 2.24) is 0 Å². The summed E-state index contributed by atoms with van der Waals surface area (Å²) in [6, 6.07) is 7.83. The number of hydrogen-bond acceptors (Lipinski definition) is 4. The standard InChI is InChI=1S/C22H25ClO5/c1-2-28-20(27)17(19(25)26)18(24)22-10-13-7-14(11-22)9-21(8-13,12-22)15-3-5-16(23)6-4-15/h3-6,13-14,17H,2,7-12H2,1H3,(H,25,26). The Kier molecular flexibility index (Phi) is 4.77. The van der Waals surface area contributed by atoms with E-state index in [0.717, 1.165) is 19.3 Å². The van der Waals surface area contributed by atoms with Gasteiger partial charge in [-0.2, -0.15) is 0 Å². The minimum absolute atomic E-state index is 0.0584. The van der Waals surface area contributed by atoms with Crippen LogP contribution in [0.4, 0.5) is 0 Å². The maximum absolute atomic E-state index is 13.5. The van der Waals surface area contributed by atoms with Crippen LogP contribution in [0.15, 0.2) is 24.3 Å². The Morgan fingerprint density at radius 3 is 2.29 bits per heavy atom. The van der Waals surface area contributed by atoms with Crippen molar-refractivity contribution < 1.29 is 24.2 Å². The summed E-state index contributed by atoms with van der Waals surface area (Å²) in [5.74, 6) is -3.74. The van der Waals surface area contributed by atoms with Crippen molar-refractivity contribution in [2.45, 2.75) is 50.9 Å². The molecule has 4 aliphatic carbocycles. The van der Waals surface area contributed by atoms with Gasteiger partial charge >= 0.3 is 11.9 Å². The number of benzene rings is 1. The number of carboxylic acid groups (broad SMARTS) is 1. The molecule has 0 aliphatic heterocycles. The van der Waals surface area contributed by atoms with E-state index in [4.69, 9.17) is 16.3 Å². The van der Waals surface area contributed by atoms with Gasteiger partial charge in [0.05, 0.1) is 6.61 Å². The molecule has 28 heavy (non-hydrogen) atoms. The minimum atomic E-state index is -1.72. The highest BCUT2D eigenvalue weighted by molar-refractivity contribution is 6.30. The van der Waals surface area contributed by atoms with Crippen molar-refractivity contribution >= 4 is 29.3 Å². The quantitative estimate of drug-likeness (QED) is 0.572. The molecule has 0 spiro atoms. The lowest BCUT2D eigenvalue weighted by Crippen LogP contribution is -2.59. The zero-order valence-corrected chi connectivity index (χ0v) is 16.7. The molecule has 4 saturated carbocycles. The first kappa shape index (κ1) is 19.4. The highest BCUT2D eigenvalue weighted by Gasteiger charge is 2.62. The minimum Gasteiger partial charge on any atom is -0.480 e. The fourth-order valence-corrected chi connectivity index (χ4v) is 6.67. The molecule has 1 aromatic carbocycles. The lowest BCUT2D eigenvalue weighted by molar-refractivity contribution is -0.169. The summed E-state index contributed by atoms with van der Waals surface area (Å²) in [5, 5.41) is 10.3. The van der Waals surface area contributed by atoms with E-state index >= 15 is 0 Å². The van der Waals surface area contributed by atoms with Crippen molar-refractivity contribution in [2.24, 2.45) is 23.2 Å². The zero-order chi connectivity index (χ0) is 20.1. The Morgan fingerprint density at radius 1 is 1.14 bits per heavy atom. The molecular weight excluding hydrogens is 380 g/mol. The summed E-state index contributed by atoms with van der Waals surface area (Å²) in [6.45, 7) is 1.67. The van der Waals surface area contributed by atoms with Gasteiger partial charge in [-0.3, -0.25) is 14.4 Å². The van der Waals surface area contributed by atoms with Crippen molar-refractivity contribution in [3.05, 3.63) is 34.9 Å². The van der Waals surface area contributed by atoms with E-state index < -0.39 is 29.1 Å². The van der Waals surface area contributed by atoms with E-state index in [9.17, 15) is 19.5 Å². The largest absolute Gasteiger partial charge is 0.480 e. The molecule has 4 aliphatic rings. The van der Waals surface area contributed by atoms with Gasteiger partial charge in [0.25, 0.3) is 0 Å². The van der Waals surface area contributed by atoms with E-state index in [1.54, 1.807) is 6.92 Å². The summed E-state index contributed by atoms with van der Waals surface area (Å²) in [7, 11) is 0. The molecule has 0 radical (unpaired) electrons. The van der Waals surface area contributed by atoms with E-state index in [1.165, 1.54) is 5.56 Å². The smallest absolute Gasteiger partial charge is 0.328 e. The maximum atomic E-state index is 13.5. The summed E-state index contributed by atoms with van der Waals surface area (Å²) in [4.78, 5) is 37.5. The van der Waals surface area contributed by atoms with Gasteiger partial charge in [0.1, 0.15) is 0 Å². The number of ketones is 1. The Bertz CT molecular complexity index is 801. The van der Waals surface area contributed by atoms with Crippen LogP contribution in [0.5, 0.6) is 0 Å². The molecule has 3 unspecified atom stereocenters. The van der Waals surface area contributed by atoms with Crippen LogP contribution >= 0.6 is 11.6 Å². The number of Topliss-reactive ketones (excluding diaryl/α,β-unsaturated/α-hetero) is 1. The number of carbonyl (C=O) groups is 3. The predicted molar refractivity (Wildman–Crippen MR) is 103 cm³/mol.